The van der Waals surface area contributed by atoms with Gasteiger partial charge in [0.2, 0.25) is 11.8 Å². The van der Waals surface area contributed by atoms with Crippen molar-refractivity contribution in [2.24, 2.45) is 13.0 Å². The number of likely N-dealkylation sites (tertiary alicyclic amines) is 1. The van der Waals surface area contributed by atoms with E-state index in [2.05, 4.69) is 10.6 Å². The first-order valence-corrected chi connectivity index (χ1v) is 14.6. The van der Waals surface area contributed by atoms with Crippen molar-refractivity contribution >= 4 is 51.9 Å². The number of hydrogen-bond acceptors (Lipinski definition) is 5. The SMILES string of the molecule is COC(=O)[C@H]1CC[C@H](NC(=O)[C@@H]2C[C@H](F)CN2C(=O)Cc2cc(Cl)c(NC(=O)c3cn(C)c4ccccc34)cc2F)CC1. The van der Waals surface area contributed by atoms with Gasteiger partial charge in [0.1, 0.15) is 18.0 Å². The summed E-state index contributed by atoms with van der Waals surface area (Å²) in [5, 5.41) is 6.29. The highest BCUT2D eigenvalue weighted by molar-refractivity contribution is 6.34. The zero-order chi connectivity index (χ0) is 30.8. The molecule has 0 radical (unpaired) electrons. The Labute approximate surface area is 252 Å². The molecule has 1 aromatic heterocycles. The fourth-order valence-electron chi connectivity index (χ4n) is 6.04. The van der Waals surface area contributed by atoms with Crippen molar-refractivity contribution in [1.82, 2.24) is 14.8 Å². The van der Waals surface area contributed by atoms with Crippen molar-refractivity contribution in [3.05, 3.63) is 64.6 Å². The number of alkyl halides is 1. The highest BCUT2D eigenvalue weighted by Gasteiger charge is 2.41. The second-order valence-corrected chi connectivity index (χ2v) is 11.6. The first-order chi connectivity index (χ1) is 20.5. The molecule has 5 rings (SSSR count). The first kappa shape index (κ1) is 30.5. The van der Waals surface area contributed by atoms with Crippen molar-refractivity contribution in [1.29, 1.82) is 0 Å². The molecule has 43 heavy (non-hydrogen) atoms. The summed E-state index contributed by atoms with van der Waals surface area (Å²) in [5.41, 5.74) is 1.25. The number of benzene rings is 2. The van der Waals surface area contributed by atoms with Gasteiger partial charge in [-0.1, -0.05) is 29.8 Å². The predicted octanol–water partition coefficient (Wildman–Crippen LogP) is 4.55. The molecule has 1 saturated heterocycles. The number of methoxy groups -OCH3 is 1. The van der Waals surface area contributed by atoms with E-state index in [1.807, 2.05) is 35.9 Å². The van der Waals surface area contributed by atoms with Gasteiger partial charge in [-0.3, -0.25) is 19.2 Å². The summed E-state index contributed by atoms with van der Waals surface area (Å²) in [4.78, 5) is 52.2. The molecule has 2 N–H and O–H groups in total. The van der Waals surface area contributed by atoms with Crippen LogP contribution in [-0.2, 0) is 32.6 Å². The van der Waals surface area contributed by atoms with E-state index in [1.54, 1.807) is 6.20 Å². The first-order valence-electron chi connectivity index (χ1n) is 14.2. The molecule has 9 nitrogen and oxygen atoms in total. The van der Waals surface area contributed by atoms with Gasteiger partial charge in [-0.15, -0.1) is 0 Å². The quantitative estimate of drug-likeness (QED) is 0.380. The molecule has 3 aromatic rings. The number of halogens is 3. The molecule has 2 atom stereocenters. The van der Waals surface area contributed by atoms with Crippen LogP contribution in [0.3, 0.4) is 0 Å². The average molecular weight is 615 g/mol. The lowest BCUT2D eigenvalue weighted by Crippen LogP contribution is -2.50. The molecule has 2 aliphatic rings. The summed E-state index contributed by atoms with van der Waals surface area (Å²) >= 11 is 6.38. The highest BCUT2D eigenvalue weighted by Crippen LogP contribution is 2.30. The molecular formula is C31H33ClF2N4O5. The lowest BCUT2D eigenvalue weighted by molar-refractivity contribution is -0.146. The average Bonchev–Trinajstić information content (AvgIpc) is 3.55. The second kappa shape index (κ2) is 12.7. The number of fused-ring (bicyclic) bond motifs is 1. The standard InChI is InChI=1S/C31H33ClF2N4O5/c1-37-16-22(21-5-3-4-6-26(21)37)29(40)36-25-14-24(34)18(11-23(25)32)12-28(39)38-15-19(33)13-27(38)30(41)35-20-9-7-17(8-10-20)31(42)43-2/h3-6,11,14,16-17,19-20,27H,7-10,12-13,15H2,1-2H3,(H,35,41)(H,36,40)/t17-,19-,20-,27-/m0/s1. The number of carbonyl (C=O) groups is 4. The molecule has 0 bridgehead atoms. The monoisotopic (exact) mass is 614 g/mol. The van der Waals surface area contributed by atoms with Crippen LogP contribution in [-0.4, -0.2) is 65.1 Å². The number of carbonyl (C=O) groups excluding carboxylic acids is 4. The molecule has 0 spiro atoms. The number of rotatable bonds is 7. The molecule has 1 saturated carbocycles. The zero-order valence-corrected chi connectivity index (χ0v) is 24.6. The predicted molar refractivity (Wildman–Crippen MR) is 157 cm³/mol. The van der Waals surface area contributed by atoms with Crippen molar-refractivity contribution in [3.8, 4) is 0 Å². The van der Waals surface area contributed by atoms with Crippen LogP contribution in [0.4, 0.5) is 14.5 Å². The number of amides is 3. The van der Waals surface area contributed by atoms with Crippen molar-refractivity contribution in [2.75, 3.05) is 19.0 Å². The molecular weight excluding hydrogens is 582 g/mol. The number of nitrogens with zero attached hydrogens (tertiary/aromatic N) is 2. The van der Waals surface area contributed by atoms with Gasteiger partial charge < -0.3 is 24.8 Å². The number of anilines is 1. The molecule has 1 aliphatic carbocycles. The van der Waals surface area contributed by atoms with E-state index in [4.69, 9.17) is 16.3 Å². The minimum atomic E-state index is -1.39. The van der Waals surface area contributed by atoms with Gasteiger partial charge in [0.05, 0.1) is 42.3 Å². The van der Waals surface area contributed by atoms with Crippen LogP contribution in [0.1, 0.15) is 48.0 Å². The van der Waals surface area contributed by atoms with E-state index in [-0.39, 0.29) is 47.2 Å². The second-order valence-electron chi connectivity index (χ2n) is 11.2. The number of para-hydroxylation sites is 1. The van der Waals surface area contributed by atoms with Crippen LogP contribution in [0.25, 0.3) is 10.9 Å². The molecule has 228 valence electrons. The normalized spacial score (nSPS) is 21.9. The van der Waals surface area contributed by atoms with E-state index < -0.39 is 42.2 Å². The van der Waals surface area contributed by atoms with Crippen molar-refractivity contribution in [3.63, 3.8) is 0 Å². The maximum Gasteiger partial charge on any atom is 0.308 e. The largest absolute Gasteiger partial charge is 0.469 e. The fraction of sp³-hybridized carbons (Fsp3) is 0.419. The maximum atomic E-state index is 15.2. The molecule has 3 amide bonds. The van der Waals surface area contributed by atoms with Crippen molar-refractivity contribution < 1.29 is 32.7 Å². The lowest BCUT2D eigenvalue weighted by Gasteiger charge is -2.30. The third kappa shape index (κ3) is 6.51. The minimum Gasteiger partial charge on any atom is -0.469 e. The van der Waals surface area contributed by atoms with Gasteiger partial charge in [0.15, 0.2) is 0 Å². The molecule has 12 heteroatoms. The summed E-state index contributed by atoms with van der Waals surface area (Å²) in [6.07, 6.45) is 1.95. The van der Waals surface area contributed by atoms with Crippen LogP contribution >= 0.6 is 11.6 Å². The van der Waals surface area contributed by atoms with Gasteiger partial charge >= 0.3 is 5.97 Å². The summed E-state index contributed by atoms with van der Waals surface area (Å²) in [6, 6.07) is 8.44. The fourth-order valence-corrected chi connectivity index (χ4v) is 6.28. The number of hydrogen-bond donors (Lipinski definition) is 2. The van der Waals surface area contributed by atoms with Crippen molar-refractivity contribution in [2.45, 2.75) is 56.8 Å². The van der Waals surface area contributed by atoms with E-state index in [0.717, 1.165) is 21.9 Å². The molecule has 0 unspecified atom stereocenters. The summed E-state index contributed by atoms with van der Waals surface area (Å²) in [7, 11) is 3.16. The Balaban J connectivity index is 1.23. The Morgan fingerprint density at radius 1 is 1.09 bits per heavy atom. The van der Waals surface area contributed by atoms with E-state index in [9.17, 15) is 23.6 Å². The number of aromatic nitrogens is 1. The number of esters is 1. The smallest absolute Gasteiger partial charge is 0.308 e. The lowest BCUT2D eigenvalue weighted by atomic mass is 9.86. The van der Waals surface area contributed by atoms with Gasteiger partial charge in [0, 0.05) is 36.6 Å². The van der Waals surface area contributed by atoms with E-state index in [0.29, 0.717) is 31.2 Å². The third-order valence-corrected chi connectivity index (χ3v) is 8.66. The Hall–Kier alpha value is -3.99. The van der Waals surface area contributed by atoms with E-state index in [1.165, 1.54) is 13.2 Å². The Kier molecular flexibility index (Phi) is 9.00. The third-order valence-electron chi connectivity index (χ3n) is 8.35. The van der Waals surface area contributed by atoms with Crippen LogP contribution in [0.15, 0.2) is 42.6 Å². The highest BCUT2D eigenvalue weighted by atomic mass is 35.5. The Morgan fingerprint density at radius 2 is 1.81 bits per heavy atom. The number of aryl methyl sites for hydroxylation is 1. The molecule has 2 fully saturated rings. The minimum absolute atomic E-state index is 0.0272. The van der Waals surface area contributed by atoms with Crippen LogP contribution in [0.5, 0.6) is 0 Å². The summed E-state index contributed by atoms with van der Waals surface area (Å²) < 4.78 is 36.2. The topological polar surface area (TPSA) is 110 Å². The van der Waals surface area contributed by atoms with E-state index >= 15 is 4.39 Å². The van der Waals surface area contributed by atoms with Gasteiger partial charge in [-0.05, 0) is 49.4 Å². The maximum absolute atomic E-state index is 15.2. The van der Waals surface area contributed by atoms with Crippen LogP contribution in [0.2, 0.25) is 5.02 Å². The Bertz CT molecular complexity index is 1570. The molecule has 2 heterocycles. The Morgan fingerprint density at radius 3 is 2.53 bits per heavy atom. The van der Waals surface area contributed by atoms with Crippen LogP contribution < -0.4 is 10.6 Å². The van der Waals surface area contributed by atoms with Gasteiger partial charge in [-0.2, -0.15) is 0 Å². The number of ether oxygens (including phenoxy) is 1. The van der Waals surface area contributed by atoms with Gasteiger partial charge in [0.25, 0.3) is 5.91 Å². The molecule has 2 aromatic carbocycles. The van der Waals surface area contributed by atoms with Crippen LogP contribution in [0, 0.1) is 11.7 Å². The zero-order valence-electron chi connectivity index (χ0n) is 23.9. The molecule has 1 aliphatic heterocycles. The summed E-state index contributed by atoms with van der Waals surface area (Å²) in [6.45, 7) is -0.277. The summed E-state index contributed by atoms with van der Waals surface area (Å²) in [5.74, 6) is -2.81. The number of nitrogens with one attached hydrogen (secondary N) is 2. The van der Waals surface area contributed by atoms with Gasteiger partial charge in [-0.25, -0.2) is 8.78 Å².